The summed E-state index contributed by atoms with van der Waals surface area (Å²) in [5, 5.41) is 13.9. The number of likely N-dealkylation sites (N-methyl/N-ethyl adjacent to an activating group) is 1. The number of esters is 1. The van der Waals surface area contributed by atoms with Crippen LogP contribution in [0, 0.1) is 6.92 Å². The lowest BCUT2D eigenvalue weighted by Gasteiger charge is -2.34. The number of amides is 1. The Morgan fingerprint density at radius 2 is 1.77 bits per heavy atom. The van der Waals surface area contributed by atoms with E-state index in [0.717, 1.165) is 48.7 Å². The van der Waals surface area contributed by atoms with E-state index in [0.29, 0.717) is 29.3 Å². The van der Waals surface area contributed by atoms with Crippen molar-refractivity contribution in [1.82, 2.24) is 20.3 Å². The standard InChI is InChI=1S/C29H32N6O4/c1-20-17-24(33-39-20)19-38-28(36)12-5-21-3-6-22(7-4-21)26-18-27(32-31-26)30-29(37)23-8-10-25(11-9-23)35-15-13-34(2)14-16-35/h3-4,6-11,17-18H,5,12-16,19H2,1-2H3,(H2,30,31,32,37). The van der Waals surface area contributed by atoms with Crippen molar-refractivity contribution in [3.8, 4) is 11.3 Å². The summed E-state index contributed by atoms with van der Waals surface area (Å²) in [5.74, 6) is 0.633. The second-order valence-electron chi connectivity index (χ2n) is 9.74. The number of benzene rings is 2. The van der Waals surface area contributed by atoms with Crippen molar-refractivity contribution < 1.29 is 18.8 Å². The molecule has 1 aliphatic heterocycles. The van der Waals surface area contributed by atoms with Crippen LogP contribution in [0.15, 0.2) is 65.2 Å². The van der Waals surface area contributed by atoms with E-state index in [9.17, 15) is 9.59 Å². The number of piperazine rings is 1. The van der Waals surface area contributed by atoms with Crippen LogP contribution < -0.4 is 10.2 Å². The molecule has 0 atom stereocenters. The number of hydrogen-bond acceptors (Lipinski definition) is 8. The lowest BCUT2D eigenvalue weighted by molar-refractivity contribution is -0.145. The molecule has 5 rings (SSSR count). The summed E-state index contributed by atoms with van der Waals surface area (Å²) in [7, 11) is 2.13. The number of ether oxygens (including phenoxy) is 1. The van der Waals surface area contributed by atoms with Crippen molar-refractivity contribution >= 4 is 23.4 Å². The first-order chi connectivity index (χ1) is 18.9. The number of aryl methyl sites for hydroxylation is 2. The predicted molar refractivity (Wildman–Crippen MR) is 147 cm³/mol. The molecule has 202 valence electrons. The Labute approximate surface area is 226 Å². The van der Waals surface area contributed by atoms with Crippen molar-refractivity contribution in [3.63, 3.8) is 0 Å². The van der Waals surface area contributed by atoms with Gasteiger partial charge in [-0.1, -0.05) is 29.4 Å². The van der Waals surface area contributed by atoms with Crippen LogP contribution in [0.5, 0.6) is 0 Å². The van der Waals surface area contributed by atoms with E-state index in [-0.39, 0.29) is 24.9 Å². The summed E-state index contributed by atoms with van der Waals surface area (Å²) in [5.41, 5.74) is 5.03. The molecule has 39 heavy (non-hydrogen) atoms. The number of rotatable bonds is 9. The number of carbonyl (C=O) groups excluding carboxylic acids is 2. The Hall–Kier alpha value is -4.44. The summed E-state index contributed by atoms with van der Waals surface area (Å²) >= 11 is 0. The Morgan fingerprint density at radius 3 is 2.46 bits per heavy atom. The van der Waals surface area contributed by atoms with Gasteiger partial charge in [0.15, 0.2) is 5.82 Å². The Morgan fingerprint density at radius 1 is 1.03 bits per heavy atom. The highest BCUT2D eigenvalue weighted by Crippen LogP contribution is 2.22. The lowest BCUT2D eigenvalue weighted by atomic mass is 10.1. The topological polar surface area (TPSA) is 117 Å². The average molecular weight is 529 g/mol. The van der Waals surface area contributed by atoms with Gasteiger partial charge in [-0.25, -0.2) is 0 Å². The molecule has 10 nitrogen and oxygen atoms in total. The molecule has 3 heterocycles. The first kappa shape index (κ1) is 26.2. The fourth-order valence-corrected chi connectivity index (χ4v) is 4.42. The van der Waals surface area contributed by atoms with E-state index in [1.807, 2.05) is 48.5 Å². The maximum Gasteiger partial charge on any atom is 0.306 e. The molecule has 2 aromatic heterocycles. The van der Waals surface area contributed by atoms with E-state index >= 15 is 0 Å². The molecule has 1 saturated heterocycles. The largest absolute Gasteiger partial charge is 0.459 e. The van der Waals surface area contributed by atoms with Crippen LogP contribution in [0.25, 0.3) is 11.3 Å². The summed E-state index contributed by atoms with van der Waals surface area (Å²) in [6.07, 6.45) is 0.835. The number of anilines is 2. The predicted octanol–water partition coefficient (Wildman–Crippen LogP) is 4.05. The van der Waals surface area contributed by atoms with Crippen molar-refractivity contribution in [1.29, 1.82) is 0 Å². The van der Waals surface area contributed by atoms with Crippen LogP contribution >= 0.6 is 0 Å². The lowest BCUT2D eigenvalue weighted by Crippen LogP contribution is -2.44. The van der Waals surface area contributed by atoms with Crippen LogP contribution in [-0.4, -0.2) is 65.4 Å². The van der Waals surface area contributed by atoms with Crippen molar-refractivity contribution in [2.24, 2.45) is 0 Å². The van der Waals surface area contributed by atoms with E-state index in [1.165, 1.54) is 0 Å². The molecule has 0 bridgehead atoms. The highest BCUT2D eigenvalue weighted by molar-refractivity contribution is 6.04. The molecule has 0 radical (unpaired) electrons. The molecule has 10 heteroatoms. The number of nitrogens with one attached hydrogen (secondary N) is 2. The third-order valence-corrected chi connectivity index (χ3v) is 6.76. The molecule has 4 aromatic rings. The molecular formula is C29H32N6O4. The number of nitrogens with zero attached hydrogens (tertiary/aromatic N) is 4. The highest BCUT2D eigenvalue weighted by Gasteiger charge is 2.15. The van der Waals surface area contributed by atoms with Gasteiger partial charge in [0.1, 0.15) is 18.1 Å². The Balaban J connectivity index is 1.10. The van der Waals surface area contributed by atoms with Gasteiger partial charge in [0.25, 0.3) is 5.91 Å². The monoisotopic (exact) mass is 528 g/mol. The first-order valence-electron chi connectivity index (χ1n) is 13.0. The zero-order chi connectivity index (χ0) is 27.2. The van der Waals surface area contributed by atoms with Crippen LogP contribution in [0.2, 0.25) is 0 Å². The molecule has 0 aliphatic carbocycles. The van der Waals surface area contributed by atoms with E-state index in [2.05, 4.69) is 37.5 Å². The van der Waals surface area contributed by atoms with Gasteiger partial charge in [0.05, 0.1) is 5.69 Å². The highest BCUT2D eigenvalue weighted by atomic mass is 16.5. The average Bonchev–Trinajstić information content (AvgIpc) is 3.60. The normalized spacial score (nSPS) is 13.8. The fourth-order valence-electron chi connectivity index (χ4n) is 4.42. The molecule has 2 N–H and O–H groups in total. The number of carbonyl (C=O) groups is 2. The fraction of sp³-hybridized carbons (Fsp3) is 0.310. The van der Waals surface area contributed by atoms with Crippen molar-refractivity contribution in [2.75, 3.05) is 43.4 Å². The minimum Gasteiger partial charge on any atom is -0.459 e. The van der Waals surface area contributed by atoms with Crippen molar-refractivity contribution in [3.05, 3.63) is 83.2 Å². The Bertz CT molecular complexity index is 1400. The van der Waals surface area contributed by atoms with E-state index in [1.54, 1.807) is 19.1 Å². The van der Waals surface area contributed by atoms with Gasteiger partial charge < -0.3 is 24.4 Å². The van der Waals surface area contributed by atoms with Gasteiger partial charge in [0.2, 0.25) is 0 Å². The summed E-state index contributed by atoms with van der Waals surface area (Å²) < 4.78 is 10.2. The van der Waals surface area contributed by atoms with E-state index < -0.39 is 0 Å². The molecule has 0 spiro atoms. The molecule has 1 amide bonds. The maximum atomic E-state index is 12.8. The number of H-pyrrole nitrogens is 1. The third-order valence-electron chi connectivity index (χ3n) is 6.76. The SMILES string of the molecule is Cc1cc(COC(=O)CCc2ccc(-c3cc(NC(=O)c4ccc(N5CCN(C)CC5)cc4)n[nH]3)cc2)no1. The first-order valence-corrected chi connectivity index (χ1v) is 13.0. The molecule has 0 saturated carbocycles. The van der Waals surface area contributed by atoms with Gasteiger partial charge in [-0.05, 0) is 55.8 Å². The molecular weight excluding hydrogens is 496 g/mol. The summed E-state index contributed by atoms with van der Waals surface area (Å²) in [6, 6.07) is 19.1. The van der Waals surface area contributed by atoms with Crippen LogP contribution in [0.3, 0.4) is 0 Å². The number of hydrogen-bond donors (Lipinski definition) is 2. The number of aromatic amines is 1. The third kappa shape index (κ3) is 6.91. The summed E-state index contributed by atoms with van der Waals surface area (Å²) in [6.45, 7) is 5.93. The smallest absolute Gasteiger partial charge is 0.306 e. The minimum absolute atomic E-state index is 0.107. The molecule has 0 unspecified atom stereocenters. The Kier molecular flexibility index (Phi) is 8.02. The van der Waals surface area contributed by atoms with Crippen LogP contribution in [0.4, 0.5) is 11.5 Å². The minimum atomic E-state index is -0.289. The van der Waals surface area contributed by atoms with E-state index in [4.69, 9.17) is 9.26 Å². The number of aromatic nitrogens is 3. The van der Waals surface area contributed by atoms with Crippen molar-refractivity contribution in [2.45, 2.75) is 26.4 Å². The van der Waals surface area contributed by atoms with Gasteiger partial charge in [-0.2, -0.15) is 5.10 Å². The molecule has 2 aromatic carbocycles. The molecule has 1 aliphatic rings. The van der Waals surface area contributed by atoms with Gasteiger partial charge in [-0.3, -0.25) is 14.7 Å². The summed E-state index contributed by atoms with van der Waals surface area (Å²) in [4.78, 5) is 29.5. The van der Waals surface area contributed by atoms with Crippen LogP contribution in [-0.2, 0) is 22.6 Å². The van der Waals surface area contributed by atoms with Gasteiger partial charge in [-0.15, -0.1) is 0 Å². The van der Waals surface area contributed by atoms with Gasteiger partial charge >= 0.3 is 5.97 Å². The second-order valence-corrected chi connectivity index (χ2v) is 9.74. The van der Waals surface area contributed by atoms with Crippen LogP contribution in [0.1, 0.15) is 33.8 Å². The van der Waals surface area contributed by atoms with Gasteiger partial charge in [0, 0.05) is 56.0 Å². The molecule has 1 fully saturated rings. The zero-order valence-corrected chi connectivity index (χ0v) is 22.1. The second kappa shape index (κ2) is 12.0. The zero-order valence-electron chi connectivity index (χ0n) is 22.1. The quantitative estimate of drug-likeness (QED) is 0.313. The maximum absolute atomic E-state index is 12.8.